The van der Waals surface area contributed by atoms with Gasteiger partial charge in [0.25, 0.3) is 0 Å². The van der Waals surface area contributed by atoms with Crippen molar-refractivity contribution in [2.45, 2.75) is 34.8 Å². The summed E-state index contributed by atoms with van der Waals surface area (Å²) < 4.78 is 0. The van der Waals surface area contributed by atoms with E-state index in [1.54, 1.807) is 12.3 Å². The van der Waals surface area contributed by atoms with Crippen molar-refractivity contribution in [2.24, 2.45) is 17.1 Å². The van der Waals surface area contributed by atoms with Gasteiger partial charge in [-0.1, -0.05) is 41.0 Å². The Morgan fingerprint density at radius 1 is 1.32 bits per heavy atom. The number of aromatic nitrogens is 2. The monoisotopic (exact) mass is 393 g/mol. The van der Waals surface area contributed by atoms with Crippen LogP contribution in [0.1, 0.15) is 12.8 Å². The molecule has 2 saturated carbocycles. The Bertz CT molecular complexity index is 878. The van der Waals surface area contributed by atoms with Gasteiger partial charge in [-0.05, 0) is 30.9 Å². The molecule has 5 rings (SSSR count). The van der Waals surface area contributed by atoms with Gasteiger partial charge in [-0.15, -0.1) is 0 Å². The zero-order valence-electron chi connectivity index (χ0n) is 13.3. The molecule has 1 aliphatic heterocycles. The van der Waals surface area contributed by atoms with E-state index in [2.05, 4.69) is 14.9 Å². The van der Waals surface area contributed by atoms with E-state index < -0.39 is 0 Å². The molecule has 2 aromatic rings. The third-order valence-electron chi connectivity index (χ3n) is 6.00. The first-order valence-corrected chi connectivity index (χ1v) is 9.86. The van der Waals surface area contributed by atoms with Crippen molar-refractivity contribution >= 4 is 46.6 Å². The fourth-order valence-electron chi connectivity index (χ4n) is 4.70. The first-order chi connectivity index (χ1) is 12.0. The van der Waals surface area contributed by atoms with Crippen LogP contribution < -0.4 is 16.4 Å². The number of rotatable bonds is 3. The van der Waals surface area contributed by atoms with Gasteiger partial charge in [0.2, 0.25) is 0 Å². The third-order valence-corrected chi connectivity index (χ3v) is 8.00. The minimum absolute atomic E-state index is 0.345. The Morgan fingerprint density at radius 2 is 2.16 bits per heavy atom. The molecule has 3 aliphatic rings. The van der Waals surface area contributed by atoms with Crippen LogP contribution in [0.15, 0.2) is 34.3 Å². The highest BCUT2D eigenvalue weighted by atomic mass is 35.5. The molecule has 2 heterocycles. The van der Waals surface area contributed by atoms with Gasteiger partial charge in [0.1, 0.15) is 10.8 Å². The summed E-state index contributed by atoms with van der Waals surface area (Å²) in [6.45, 7) is 0.982. The number of nitrogens with zero attached hydrogens (tertiary/aromatic N) is 3. The number of fused-ring (bicyclic) bond motifs is 1. The van der Waals surface area contributed by atoms with E-state index in [1.165, 1.54) is 11.8 Å². The number of hydrogen-bond donors (Lipinski definition) is 2. The van der Waals surface area contributed by atoms with Crippen LogP contribution in [0.4, 0.5) is 11.6 Å². The minimum Gasteiger partial charge on any atom is -0.381 e. The molecular weight excluding hydrogens is 377 g/mol. The van der Waals surface area contributed by atoms with Gasteiger partial charge in [0.15, 0.2) is 5.82 Å². The summed E-state index contributed by atoms with van der Waals surface area (Å²) in [7, 11) is 0. The van der Waals surface area contributed by atoms with Crippen LogP contribution in [0.2, 0.25) is 10.0 Å². The van der Waals surface area contributed by atoms with Crippen molar-refractivity contribution in [3.05, 3.63) is 34.4 Å². The Kier molecular flexibility index (Phi) is 3.45. The standard InChI is InChI=1S/C17H17Cl2N5S/c18-9-2-1-3-10(13(9)19)25-16-15(21)23-12(7-22-16)24-5-4-17-8(14(17)24)6-11(17)20/h1-3,7-8,11,14H,4-6,20H2,(H2,21,23)/t8?,11-,14?,17-/m1/s1. The Balaban J connectivity index is 1.39. The van der Waals surface area contributed by atoms with Gasteiger partial charge >= 0.3 is 0 Å². The molecule has 4 N–H and O–H groups in total. The predicted octanol–water partition coefficient (Wildman–Crippen LogP) is 3.44. The average Bonchev–Trinajstić information content (AvgIpc) is 2.91. The zero-order valence-corrected chi connectivity index (χ0v) is 15.7. The molecular formula is C17H17Cl2N5S. The largest absolute Gasteiger partial charge is 0.381 e. The minimum atomic E-state index is 0.345. The summed E-state index contributed by atoms with van der Waals surface area (Å²) in [5.41, 5.74) is 12.8. The van der Waals surface area contributed by atoms with Crippen LogP contribution in [-0.4, -0.2) is 28.6 Å². The van der Waals surface area contributed by atoms with E-state index in [0.717, 1.165) is 36.0 Å². The first kappa shape index (κ1) is 16.0. The highest BCUT2D eigenvalue weighted by Gasteiger charge is 2.79. The maximum atomic E-state index is 6.25. The lowest BCUT2D eigenvalue weighted by Crippen LogP contribution is -2.41. The van der Waals surface area contributed by atoms with Crippen molar-refractivity contribution < 1.29 is 0 Å². The van der Waals surface area contributed by atoms with Gasteiger partial charge in [0.05, 0.1) is 16.2 Å². The van der Waals surface area contributed by atoms with Crippen LogP contribution in [0.5, 0.6) is 0 Å². The quantitative estimate of drug-likeness (QED) is 0.830. The highest BCUT2D eigenvalue weighted by molar-refractivity contribution is 7.99. The fourth-order valence-corrected chi connectivity index (χ4v) is 5.98. The molecule has 130 valence electrons. The van der Waals surface area contributed by atoms with Crippen LogP contribution in [-0.2, 0) is 0 Å². The zero-order chi connectivity index (χ0) is 17.3. The van der Waals surface area contributed by atoms with E-state index in [9.17, 15) is 0 Å². The number of piperidine rings is 1. The molecule has 2 aliphatic carbocycles. The van der Waals surface area contributed by atoms with E-state index in [-0.39, 0.29) is 0 Å². The molecule has 1 aromatic carbocycles. The second kappa shape index (κ2) is 5.39. The second-order valence-electron chi connectivity index (χ2n) is 7.02. The SMILES string of the molecule is Nc1nc(N2CC[C@@]34C(C[C@H]3N)C24)cnc1Sc1cccc(Cl)c1Cl. The molecule has 8 heteroatoms. The fraction of sp³-hybridized carbons (Fsp3) is 0.412. The van der Waals surface area contributed by atoms with Crippen molar-refractivity contribution in [1.29, 1.82) is 0 Å². The van der Waals surface area contributed by atoms with Gasteiger partial charge in [-0.3, -0.25) is 0 Å². The molecule has 1 spiro atoms. The van der Waals surface area contributed by atoms with E-state index in [1.807, 2.05) is 12.1 Å². The van der Waals surface area contributed by atoms with Crippen LogP contribution in [0, 0.1) is 11.3 Å². The molecule has 4 atom stereocenters. The lowest BCUT2D eigenvalue weighted by Gasteiger charge is -2.31. The van der Waals surface area contributed by atoms with Crippen molar-refractivity contribution in [2.75, 3.05) is 17.2 Å². The van der Waals surface area contributed by atoms with Crippen LogP contribution in [0.3, 0.4) is 0 Å². The molecule has 0 radical (unpaired) electrons. The first-order valence-electron chi connectivity index (χ1n) is 8.29. The maximum absolute atomic E-state index is 6.25. The summed E-state index contributed by atoms with van der Waals surface area (Å²) in [5, 5.41) is 1.65. The molecule has 3 fully saturated rings. The van der Waals surface area contributed by atoms with Gasteiger partial charge < -0.3 is 16.4 Å². The second-order valence-corrected chi connectivity index (χ2v) is 8.84. The maximum Gasteiger partial charge on any atom is 0.158 e. The number of anilines is 2. The Hall–Kier alpha value is -1.21. The van der Waals surface area contributed by atoms with Gasteiger partial charge in [0, 0.05) is 28.9 Å². The van der Waals surface area contributed by atoms with Crippen molar-refractivity contribution in [3.63, 3.8) is 0 Å². The molecule has 0 amide bonds. The molecule has 1 aromatic heterocycles. The number of nitrogen functional groups attached to an aromatic ring is 1. The van der Waals surface area contributed by atoms with Crippen LogP contribution >= 0.6 is 35.0 Å². The number of nitrogens with two attached hydrogens (primary N) is 2. The number of hydrogen-bond acceptors (Lipinski definition) is 6. The van der Waals surface area contributed by atoms with Gasteiger partial charge in [-0.25, -0.2) is 9.97 Å². The molecule has 0 bridgehead atoms. The van der Waals surface area contributed by atoms with Gasteiger partial charge in [-0.2, -0.15) is 0 Å². The highest BCUT2D eigenvalue weighted by Crippen LogP contribution is 2.73. The number of benzene rings is 1. The summed E-state index contributed by atoms with van der Waals surface area (Å²) in [6.07, 6.45) is 4.09. The van der Waals surface area contributed by atoms with E-state index in [4.69, 9.17) is 34.7 Å². The van der Waals surface area contributed by atoms with Crippen LogP contribution in [0.25, 0.3) is 0 Å². The third kappa shape index (κ3) is 2.14. The van der Waals surface area contributed by atoms with Crippen molar-refractivity contribution in [3.8, 4) is 0 Å². The molecule has 2 unspecified atom stereocenters. The predicted molar refractivity (Wildman–Crippen MR) is 101 cm³/mol. The Labute approximate surface area is 160 Å². The summed E-state index contributed by atoms with van der Waals surface area (Å²) >= 11 is 13.7. The summed E-state index contributed by atoms with van der Waals surface area (Å²) in [6, 6.07) is 6.37. The van der Waals surface area contributed by atoms with Crippen molar-refractivity contribution in [1.82, 2.24) is 9.97 Å². The number of halogens is 2. The smallest absolute Gasteiger partial charge is 0.158 e. The summed E-state index contributed by atoms with van der Waals surface area (Å²) in [4.78, 5) is 12.3. The van der Waals surface area contributed by atoms with E-state index >= 15 is 0 Å². The molecule has 1 saturated heterocycles. The Morgan fingerprint density at radius 3 is 2.84 bits per heavy atom. The topological polar surface area (TPSA) is 81.1 Å². The lowest BCUT2D eigenvalue weighted by atomic mass is 9.78. The molecule has 5 nitrogen and oxygen atoms in total. The van der Waals surface area contributed by atoms with E-state index in [0.29, 0.717) is 38.4 Å². The summed E-state index contributed by atoms with van der Waals surface area (Å²) in [5.74, 6) is 2.00. The normalized spacial score (nSPS) is 32.1. The average molecular weight is 394 g/mol. The lowest BCUT2D eigenvalue weighted by molar-refractivity contribution is 0.231. The molecule has 25 heavy (non-hydrogen) atoms.